The molecule has 1 aliphatic carbocycles. The molecule has 0 aliphatic heterocycles. The van der Waals surface area contributed by atoms with Crippen LogP contribution in [0, 0.1) is 5.92 Å². The molecule has 1 aromatic rings. The summed E-state index contributed by atoms with van der Waals surface area (Å²) in [5.41, 5.74) is 3.81. The van der Waals surface area contributed by atoms with Gasteiger partial charge >= 0.3 is 0 Å². The minimum atomic E-state index is 0.140. The first-order valence-corrected chi connectivity index (χ1v) is 5.39. The Morgan fingerprint density at radius 3 is 2.64 bits per heavy atom. The van der Waals surface area contributed by atoms with Crippen molar-refractivity contribution in [2.24, 2.45) is 11.8 Å². The number of nitrogens with one attached hydrogen (secondary N) is 1. The van der Waals surface area contributed by atoms with E-state index in [-0.39, 0.29) is 6.04 Å². The Hall–Kier alpha value is -0.280. The summed E-state index contributed by atoms with van der Waals surface area (Å²) in [5.74, 6) is 6.12. The van der Waals surface area contributed by atoms with E-state index in [0.29, 0.717) is 10.9 Å². The summed E-state index contributed by atoms with van der Waals surface area (Å²) in [5, 5.41) is 1.43. The molecule has 0 amide bonds. The molecule has 1 saturated carbocycles. The predicted octanol–water partition coefficient (Wildman–Crippen LogP) is 2.91. The van der Waals surface area contributed by atoms with Crippen LogP contribution in [0.5, 0.6) is 0 Å². The van der Waals surface area contributed by atoms with Crippen molar-refractivity contribution in [2.45, 2.75) is 18.9 Å². The predicted molar refractivity (Wildman–Crippen MR) is 59.3 cm³/mol. The van der Waals surface area contributed by atoms with Crippen molar-refractivity contribution in [3.63, 3.8) is 0 Å². The Morgan fingerprint density at radius 1 is 1.36 bits per heavy atom. The van der Waals surface area contributed by atoms with Crippen molar-refractivity contribution in [3.8, 4) is 0 Å². The molecule has 1 atom stereocenters. The average molecular weight is 231 g/mol. The Balaban J connectivity index is 2.32. The minimum Gasteiger partial charge on any atom is -0.271 e. The third-order valence-corrected chi connectivity index (χ3v) is 3.15. The molecule has 1 aliphatic rings. The molecule has 2 nitrogen and oxygen atoms in total. The smallest absolute Gasteiger partial charge is 0.0503 e. The van der Waals surface area contributed by atoms with Gasteiger partial charge in [0.25, 0.3) is 0 Å². The molecule has 1 fully saturated rings. The molecule has 4 heteroatoms. The van der Waals surface area contributed by atoms with Gasteiger partial charge in [0, 0.05) is 10.0 Å². The van der Waals surface area contributed by atoms with Crippen LogP contribution in [0.15, 0.2) is 18.2 Å². The van der Waals surface area contributed by atoms with Gasteiger partial charge in [-0.2, -0.15) is 0 Å². The Kier molecular flexibility index (Phi) is 2.98. The van der Waals surface area contributed by atoms with Crippen LogP contribution in [0.1, 0.15) is 24.4 Å². The first-order chi connectivity index (χ1) is 6.72. The second kappa shape index (κ2) is 4.07. The summed E-state index contributed by atoms with van der Waals surface area (Å²) in [7, 11) is 0. The number of rotatable bonds is 3. The van der Waals surface area contributed by atoms with Crippen LogP contribution < -0.4 is 11.3 Å². The standard InChI is InChI=1S/C10H12Cl2N2/c11-7-3-4-9(12)8(5-7)10(14-13)6-1-2-6/h3-6,10,14H,1-2,13H2. The summed E-state index contributed by atoms with van der Waals surface area (Å²) in [6, 6.07) is 5.62. The highest BCUT2D eigenvalue weighted by Gasteiger charge is 2.32. The van der Waals surface area contributed by atoms with Crippen LogP contribution in [0.4, 0.5) is 0 Å². The van der Waals surface area contributed by atoms with E-state index in [0.717, 1.165) is 10.6 Å². The highest BCUT2D eigenvalue weighted by molar-refractivity contribution is 6.33. The fraction of sp³-hybridized carbons (Fsp3) is 0.400. The summed E-state index contributed by atoms with van der Waals surface area (Å²) in [6.07, 6.45) is 2.41. The molecule has 0 radical (unpaired) electrons. The van der Waals surface area contributed by atoms with Crippen LogP contribution in [-0.4, -0.2) is 0 Å². The lowest BCUT2D eigenvalue weighted by Crippen LogP contribution is -2.29. The number of hydrogen-bond acceptors (Lipinski definition) is 2. The second-order valence-corrected chi connectivity index (χ2v) is 4.49. The third-order valence-electron chi connectivity index (χ3n) is 2.57. The van der Waals surface area contributed by atoms with Crippen LogP contribution in [0.2, 0.25) is 10.0 Å². The Labute approximate surface area is 93.4 Å². The number of halogens is 2. The van der Waals surface area contributed by atoms with Gasteiger partial charge in [0.1, 0.15) is 0 Å². The van der Waals surface area contributed by atoms with Gasteiger partial charge in [-0.25, -0.2) is 0 Å². The topological polar surface area (TPSA) is 38.0 Å². The van der Waals surface area contributed by atoms with E-state index in [1.54, 1.807) is 6.07 Å². The zero-order valence-electron chi connectivity index (χ0n) is 7.63. The summed E-state index contributed by atoms with van der Waals surface area (Å²) in [6.45, 7) is 0. The average Bonchev–Trinajstić information content (AvgIpc) is 2.96. The lowest BCUT2D eigenvalue weighted by atomic mass is 10.0. The minimum absolute atomic E-state index is 0.140. The van der Waals surface area contributed by atoms with Crippen LogP contribution >= 0.6 is 23.2 Å². The maximum Gasteiger partial charge on any atom is 0.0503 e. The van der Waals surface area contributed by atoms with E-state index in [1.807, 2.05) is 12.1 Å². The molecule has 0 aromatic heterocycles. The molecule has 0 bridgehead atoms. The monoisotopic (exact) mass is 230 g/mol. The molecule has 3 N–H and O–H groups in total. The number of hydrogen-bond donors (Lipinski definition) is 2. The van der Waals surface area contributed by atoms with Crippen molar-refractivity contribution in [1.29, 1.82) is 0 Å². The van der Waals surface area contributed by atoms with Gasteiger partial charge < -0.3 is 0 Å². The SMILES string of the molecule is NNC(c1cc(Cl)ccc1Cl)C1CC1. The van der Waals surface area contributed by atoms with Gasteiger partial charge in [-0.05, 0) is 42.5 Å². The summed E-state index contributed by atoms with van der Waals surface area (Å²) >= 11 is 12.0. The van der Waals surface area contributed by atoms with Crippen LogP contribution in [-0.2, 0) is 0 Å². The Bertz CT molecular complexity index is 337. The van der Waals surface area contributed by atoms with E-state index in [2.05, 4.69) is 5.43 Å². The molecule has 1 aromatic carbocycles. The first-order valence-electron chi connectivity index (χ1n) is 4.63. The van der Waals surface area contributed by atoms with E-state index in [9.17, 15) is 0 Å². The van der Waals surface area contributed by atoms with Gasteiger partial charge in [0.05, 0.1) is 6.04 Å². The van der Waals surface area contributed by atoms with Crippen molar-refractivity contribution in [3.05, 3.63) is 33.8 Å². The van der Waals surface area contributed by atoms with Crippen molar-refractivity contribution in [2.75, 3.05) is 0 Å². The van der Waals surface area contributed by atoms with Gasteiger partial charge in [-0.15, -0.1) is 0 Å². The maximum atomic E-state index is 6.09. The number of hydrazine groups is 1. The van der Waals surface area contributed by atoms with E-state index >= 15 is 0 Å². The molecule has 1 unspecified atom stereocenters. The summed E-state index contributed by atoms with van der Waals surface area (Å²) in [4.78, 5) is 0. The quantitative estimate of drug-likeness (QED) is 0.620. The molecule has 14 heavy (non-hydrogen) atoms. The summed E-state index contributed by atoms with van der Waals surface area (Å²) < 4.78 is 0. The fourth-order valence-corrected chi connectivity index (χ4v) is 2.08. The lowest BCUT2D eigenvalue weighted by Gasteiger charge is -2.17. The molecule has 0 spiro atoms. The normalized spacial score (nSPS) is 18.2. The highest BCUT2D eigenvalue weighted by atomic mass is 35.5. The number of benzene rings is 1. The molecular weight excluding hydrogens is 219 g/mol. The van der Waals surface area contributed by atoms with E-state index < -0.39 is 0 Å². The largest absolute Gasteiger partial charge is 0.271 e. The van der Waals surface area contributed by atoms with Crippen molar-refractivity contribution >= 4 is 23.2 Å². The van der Waals surface area contributed by atoms with Gasteiger partial charge in [0.15, 0.2) is 0 Å². The molecule has 76 valence electrons. The zero-order chi connectivity index (χ0) is 10.1. The van der Waals surface area contributed by atoms with Gasteiger partial charge in [0.2, 0.25) is 0 Å². The molecule has 0 heterocycles. The Morgan fingerprint density at radius 2 is 2.07 bits per heavy atom. The first kappa shape index (κ1) is 10.2. The lowest BCUT2D eigenvalue weighted by molar-refractivity contribution is 0.497. The molecular formula is C10H12Cl2N2. The maximum absolute atomic E-state index is 6.09. The van der Waals surface area contributed by atoms with Crippen molar-refractivity contribution < 1.29 is 0 Å². The van der Waals surface area contributed by atoms with Crippen LogP contribution in [0.3, 0.4) is 0 Å². The third kappa shape index (κ3) is 2.04. The molecule has 2 rings (SSSR count). The highest BCUT2D eigenvalue weighted by Crippen LogP contribution is 2.42. The van der Waals surface area contributed by atoms with Crippen LogP contribution in [0.25, 0.3) is 0 Å². The van der Waals surface area contributed by atoms with Gasteiger partial charge in [-0.1, -0.05) is 23.2 Å². The van der Waals surface area contributed by atoms with Crippen molar-refractivity contribution in [1.82, 2.24) is 5.43 Å². The van der Waals surface area contributed by atoms with E-state index in [4.69, 9.17) is 29.0 Å². The number of nitrogens with two attached hydrogens (primary N) is 1. The van der Waals surface area contributed by atoms with Gasteiger partial charge in [-0.3, -0.25) is 11.3 Å². The second-order valence-electron chi connectivity index (χ2n) is 3.65. The van der Waals surface area contributed by atoms with E-state index in [1.165, 1.54) is 12.8 Å². The molecule has 0 saturated heterocycles. The fourth-order valence-electron chi connectivity index (χ4n) is 1.66. The zero-order valence-corrected chi connectivity index (χ0v) is 9.15.